The van der Waals surface area contributed by atoms with Crippen molar-refractivity contribution in [3.63, 3.8) is 0 Å². The molecule has 7 nitrogen and oxygen atoms in total. The lowest BCUT2D eigenvalue weighted by molar-refractivity contribution is -0.896. The normalized spacial score (nSPS) is 18.2. The second-order valence-electron chi connectivity index (χ2n) is 7.82. The number of benzene rings is 1. The molecule has 0 saturated carbocycles. The number of methoxy groups -OCH3 is 1. The summed E-state index contributed by atoms with van der Waals surface area (Å²) in [4.78, 5) is 16.4. The molecule has 0 spiro atoms. The second-order valence-corrected chi connectivity index (χ2v) is 9.76. The van der Waals surface area contributed by atoms with Gasteiger partial charge in [0.2, 0.25) is 10.0 Å². The number of rotatable bonds is 9. The molecule has 0 aromatic heterocycles. The minimum atomic E-state index is -3.52. The molecule has 0 aliphatic carbocycles. The summed E-state index contributed by atoms with van der Waals surface area (Å²) in [7, 11) is -1.97. The molecule has 2 rings (SSSR count). The maximum Gasteiger partial charge on any atom is 0.278 e. The lowest BCUT2D eigenvalue weighted by atomic mass is 10.1. The molecule has 1 heterocycles. The highest BCUT2D eigenvalue weighted by Crippen LogP contribution is 2.19. The van der Waals surface area contributed by atoms with Gasteiger partial charge in [-0.2, -0.15) is 4.31 Å². The number of hydrogen-bond acceptors (Lipinski definition) is 4. The molecule has 29 heavy (non-hydrogen) atoms. The molecule has 1 aromatic rings. The van der Waals surface area contributed by atoms with E-state index in [1.165, 1.54) is 4.31 Å². The molecule has 1 amide bonds. The van der Waals surface area contributed by atoms with Gasteiger partial charge in [-0.3, -0.25) is 4.79 Å². The Bertz CT molecular complexity index is 749. The van der Waals surface area contributed by atoms with Crippen molar-refractivity contribution in [2.24, 2.45) is 0 Å². The van der Waals surface area contributed by atoms with Gasteiger partial charge < -0.3 is 14.5 Å². The minimum absolute atomic E-state index is 0.162. The molecule has 1 aliphatic rings. The van der Waals surface area contributed by atoms with Gasteiger partial charge in [0.05, 0.1) is 38.2 Å². The third kappa shape index (κ3) is 5.71. The first-order chi connectivity index (χ1) is 13.7. The van der Waals surface area contributed by atoms with E-state index >= 15 is 0 Å². The van der Waals surface area contributed by atoms with Crippen LogP contribution in [0.4, 0.5) is 0 Å². The van der Waals surface area contributed by atoms with Crippen molar-refractivity contribution >= 4 is 15.9 Å². The van der Waals surface area contributed by atoms with Crippen LogP contribution in [-0.2, 0) is 14.8 Å². The SMILES string of the molecule is CC[C@H](C)N(C(=O)C[NH+]1CCN(S(=O)(=O)c2ccc(OC)cc2)CC1)[C@@H](C)CC. The summed E-state index contributed by atoms with van der Waals surface area (Å²) in [5.41, 5.74) is 0. The van der Waals surface area contributed by atoms with Crippen LogP contribution in [0.15, 0.2) is 29.2 Å². The fraction of sp³-hybridized carbons (Fsp3) is 0.667. The van der Waals surface area contributed by atoms with E-state index in [1.807, 2.05) is 4.90 Å². The summed E-state index contributed by atoms with van der Waals surface area (Å²) < 4.78 is 32.4. The average Bonchev–Trinajstić information content (AvgIpc) is 2.73. The number of nitrogens with one attached hydrogen (secondary N) is 1. The van der Waals surface area contributed by atoms with Gasteiger partial charge in [-0.15, -0.1) is 0 Å². The van der Waals surface area contributed by atoms with Crippen molar-refractivity contribution < 1.29 is 22.8 Å². The first kappa shape index (κ1) is 23.6. The number of piperazine rings is 1. The number of nitrogens with zero attached hydrogens (tertiary/aromatic N) is 2. The number of carbonyl (C=O) groups is 1. The van der Waals surface area contributed by atoms with Gasteiger partial charge in [-0.25, -0.2) is 8.42 Å². The largest absolute Gasteiger partial charge is 0.497 e. The van der Waals surface area contributed by atoms with Crippen molar-refractivity contribution in [2.75, 3.05) is 39.8 Å². The lowest BCUT2D eigenvalue weighted by Crippen LogP contribution is -3.15. The van der Waals surface area contributed by atoms with Crippen LogP contribution in [0.25, 0.3) is 0 Å². The summed E-state index contributed by atoms with van der Waals surface area (Å²) in [5, 5.41) is 0. The molecule has 1 N–H and O–H groups in total. The zero-order chi connectivity index (χ0) is 21.6. The van der Waals surface area contributed by atoms with E-state index in [9.17, 15) is 13.2 Å². The number of ether oxygens (including phenoxy) is 1. The molecule has 1 aromatic carbocycles. The van der Waals surface area contributed by atoms with E-state index in [0.29, 0.717) is 38.5 Å². The van der Waals surface area contributed by atoms with Crippen LogP contribution in [0.3, 0.4) is 0 Å². The highest BCUT2D eigenvalue weighted by molar-refractivity contribution is 7.89. The molecule has 2 atom stereocenters. The molecule has 1 fully saturated rings. The zero-order valence-corrected chi connectivity index (χ0v) is 19.2. The van der Waals surface area contributed by atoms with E-state index in [0.717, 1.165) is 17.7 Å². The lowest BCUT2D eigenvalue weighted by Gasteiger charge is -2.36. The standard InChI is InChI=1S/C21H35N3O4S/c1-6-17(3)24(18(4)7-2)21(25)16-22-12-14-23(15-13-22)29(26,27)20-10-8-19(28-5)9-11-20/h8-11,17-18H,6-7,12-16H2,1-5H3/p+1/t17-,18-/m0/s1. The van der Waals surface area contributed by atoms with E-state index in [-0.39, 0.29) is 22.9 Å². The Balaban J connectivity index is 1.97. The smallest absolute Gasteiger partial charge is 0.278 e. The molecular weight excluding hydrogens is 390 g/mol. The van der Waals surface area contributed by atoms with E-state index in [2.05, 4.69) is 27.7 Å². The fourth-order valence-corrected chi connectivity index (χ4v) is 5.18. The maximum absolute atomic E-state index is 12.9. The molecule has 164 valence electrons. The van der Waals surface area contributed by atoms with Gasteiger partial charge >= 0.3 is 0 Å². The third-order valence-electron chi connectivity index (χ3n) is 5.95. The van der Waals surface area contributed by atoms with Crippen molar-refractivity contribution in [1.29, 1.82) is 0 Å². The van der Waals surface area contributed by atoms with Crippen molar-refractivity contribution in [3.8, 4) is 5.75 Å². The van der Waals surface area contributed by atoms with Crippen LogP contribution in [0.1, 0.15) is 40.5 Å². The van der Waals surface area contributed by atoms with Crippen LogP contribution in [-0.4, -0.2) is 75.4 Å². The quantitative estimate of drug-likeness (QED) is 0.640. The molecule has 1 aliphatic heterocycles. The molecule has 8 heteroatoms. The van der Waals surface area contributed by atoms with Crippen LogP contribution < -0.4 is 9.64 Å². The minimum Gasteiger partial charge on any atom is -0.497 e. The van der Waals surface area contributed by atoms with Gasteiger partial charge in [0.15, 0.2) is 6.54 Å². The number of sulfonamides is 1. The molecular formula is C21H36N3O4S+. The van der Waals surface area contributed by atoms with Gasteiger partial charge in [-0.05, 0) is 51.0 Å². The van der Waals surface area contributed by atoms with Crippen molar-refractivity contribution in [3.05, 3.63) is 24.3 Å². The average molecular weight is 427 g/mol. The predicted molar refractivity (Wildman–Crippen MR) is 114 cm³/mol. The summed E-state index contributed by atoms with van der Waals surface area (Å²) in [5.74, 6) is 0.791. The monoisotopic (exact) mass is 426 g/mol. The zero-order valence-electron chi connectivity index (χ0n) is 18.3. The first-order valence-corrected chi connectivity index (χ1v) is 12.0. The van der Waals surface area contributed by atoms with Crippen LogP contribution in [0.5, 0.6) is 5.75 Å². The Hall–Kier alpha value is -1.64. The van der Waals surface area contributed by atoms with E-state index in [4.69, 9.17) is 4.74 Å². The summed E-state index contributed by atoms with van der Waals surface area (Å²) >= 11 is 0. The Morgan fingerprint density at radius 2 is 1.62 bits per heavy atom. The van der Waals surface area contributed by atoms with Crippen LogP contribution in [0, 0.1) is 0 Å². The highest BCUT2D eigenvalue weighted by Gasteiger charge is 2.33. The topological polar surface area (TPSA) is 71.4 Å². The first-order valence-electron chi connectivity index (χ1n) is 10.5. The van der Waals surface area contributed by atoms with Crippen LogP contribution >= 0.6 is 0 Å². The Labute approximate surface area is 175 Å². The van der Waals surface area contributed by atoms with Gasteiger partial charge in [0.1, 0.15) is 5.75 Å². The summed E-state index contributed by atoms with van der Waals surface area (Å²) in [6, 6.07) is 6.90. The maximum atomic E-state index is 12.9. The van der Waals surface area contributed by atoms with Gasteiger partial charge in [-0.1, -0.05) is 13.8 Å². The van der Waals surface area contributed by atoms with Gasteiger partial charge in [0, 0.05) is 12.1 Å². The summed E-state index contributed by atoms with van der Waals surface area (Å²) in [6.07, 6.45) is 1.86. The van der Waals surface area contributed by atoms with Gasteiger partial charge in [0.25, 0.3) is 5.91 Å². The molecule has 0 bridgehead atoms. The Morgan fingerprint density at radius 3 is 2.07 bits per heavy atom. The Morgan fingerprint density at radius 1 is 1.10 bits per heavy atom. The van der Waals surface area contributed by atoms with Crippen molar-refractivity contribution in [1.82, 2.24) is 9.21 Å². The molecule has 0 unspecified atom stereocenters. The number of quaternary nitrogens is 1. The fourth-order valence-electron chi connectivity index (χ4n) is 3.74. The third-order valence-corrected chi connectivity index (χ3v) is 7.86. The summed E-state index contributed by atoms with van der Waals surface area (Å²) in [6.45, 7) is 10.9. The molecule has 1 saturated heterocycles. The predicted octanol–water partition coefficient (Wildman–Crippen LogP) is 1.01. The number of hydrogen-bond donors (Lipinski definition) is 1. The number of carbonyl (C=O) groups excluding carboxylic acids is 1. The second kappa shape index (κ2) is 10.4. The van der Waals surface area contributed by atoms with Crippen molar-refractivity contribution in [2.45, 2.75) is 57.5 Å². The van der Waals surface area contributed by atoms with E-state index in [1.54, 1.807) is 31.4 Å². The van der Waals surface area contributed by atoms with Crippen LogP contribution in [0.2, 0.25) is 0 Å². The highest BCUT2D eigenvalue weighted by atomic mass is 32.2. The Kier molecular flexibility index (Phi) is 8.48. The van der Waals surface area contributed by atoms with E-state index < -0.39 is 10.0 Å². The molecule has 0 radical (unpaired) electrons. The number of amides is 1.